The highest BCUT2D eigenvalue weighted by Crippen LogP contribution is 2.17. The van der Waals surface area contributed by atoms with Crippen LogP contribution in [0.3, 0.4) is 0 Å². The molecule has 0 aromatic heterocycles. The predicted octanol–water partition coefficient (Wildman–Crippen LogP) is 2.00. The Hall–Kier alpha value is -1.55. The van der Waals surface area contributed by atoms with Crippen molar-refractivity contribution < 1.29 is 4.79 Å². The first-order valence-electron chi connectivity index (χ1n) is 6.72. The van der Waals surface area contributed by atoms with Gasteiger partial charge in [-0.1, -0.05) is 13.0 Å². The summed E-state index contributed by atoms with van der Waals surface area (Å²) in [5, 5.41) is 3.09. The van der Waals surface area contributed by atoms with Crippen LogP contribution in [-0.4, -0.2) is 32.1 Å². The van der Waals surface area contributed by atoms with Gasteiger partial charge in [0.1, 0.15) is 0 Å². The largest absolute Gasteiger partial charge is 0.378 e. The molecule has 0 radical (unpaired) electrons. The molecule has 1 aromatic carbocycles. The lowest BCUT2D eigenvalue weighted by atomic mass is 9.94. The van der Waals surface area contributed by atoms with Crippen molar-refractivity contribution in [2.75, 3.05) is 25.5 Å². The molecule has 0 spiro atoms. The second-order valence-electron chi connectivity index (χ2n) is 5.35. The highest BCUT2D eigenvalue weighted by molar-refractivity contribution is 5.95. The number of benzene rings is 1. The topological polar surface area (TPSA) is 58.4 Å². The van der Waals surface area contributed by atoms with E-state index in [4.69, 9.17) is 5.73 Å². The zero-order valence-electron chi connectivity index (χ0n) is 12.4. The molecule has 1 rings (SSSR count). The van der Waals surface area contributed by atoms with Crippen molar-refractivity contribution in [1.29, 1.82) is 0 Å². The Morgan fingerprint density at radius 2 is 2.11 bits per heavy atom. The van der Waals surface area contributed by atoms with Gasteiger partial charge < -0.3 is 16.0 Å². The van der Waals surface area contributed by atoms with Gasteiger partial charge >= 0.3 is 0 Å². The number of hydrogen-bond acceptors (Lipinski definition) is 3. The van der Waals surface area contributed by atoms with E-state index < -0.39 is 0 Å². The molecule has 0 heterocycles. The summed E-state index contributed by atoms with van der Waals surface area (Å²) in [6.45, 7) is 4.67. The van der Waals surface area contributed by atoms with Crippen LogP contribution in [0.15, 0.2) is 24.3 Å². The minimum absolute atomic E-state index is 0.0403. The maximum absolute atomic E-state index is 12.3. The summed E-state index contributed by atoms with van der Waals surface area (Å²) < 4.78 is 0. The minimum Gasteiger partial charge on any atom is -0.378 e. The average molecular weight is 263 g/mol. The van der Waals surface area contributed by atoms with Gasteiger partial charge in [0.15, 0.2) is 0 Å². The van der Waals surface area contributed by atoms with Crippen LogP contribution in [0.25, 0.3) is 0 Å². The smallest absolute Gasteiger partial charge is 0.251 e. The number of rotatable bonds is 6. The SMILES string of the molecule is CCC(C)(CCN)NC(=O)c1cccc(N(C)C)c1. The molecule has 3 N–H and O–H groups in total. The monoisotopic (exact) mass is 263 g/mol. The van der Waals surface area contributed by atoms with Crippen LogP contribution < -0.4 is 16.0 Å². The molecule has 0 saturated carbocycles. The lowest BCUT2D eigenvalue weighted by Gasteiger charge is -2.29. The first-order valence-corrected chi connectivity index (χ1v) is 6.72. The van der Waals surface area contributed by atoms with Crippen LogP contribution in [0.2, 0.25) is 0 Å². The standard InChI is InChI=1S/C15H25N3O/c1-5-15(2,9-10-16)17-14(19)12-7-6-8-13(11-12)18(3)4/h6-8,11H,5,9-10,16H2,1-4H3,(H,17,19). The van der Waals surface area contributed by atoms with Crippen molar-refractivity contribution in [1.82, 2.24) is 5.32 Å². The third-order valence-corrected chi connectivity index (χ3v) is 3.52. The van der Waals surface area contributed by atoms with E-state index in [1.54, 1.807) is 0 Å². The second-order valence-corrected chi connectivity index (χ2v) is 5.35. The van der Waals surface area contributed by atoms with Crippen LogP contribution in [0, 0.1) is 0 Å². The fourth-order valence-electron chi connectivity index (χ4n) is 1.92. The zero-order chi connectivity index (χ0) is 14.5. The molecular formula is C15H25N3O. The molecule has 106 valence electrons. The minimum atomic E-state index is -0.236. The summed E-state index contributed by atoms with van der Waals surface area (Å²) in [4.78, 5) is 14.3. The molecule has 1 aromatic rings. The van der Waals surface area contributed by atoms with Gasteiger partial charge in [-0.2, -0.15) is 0 Å². The van der Waals surface area contributed by atoms with Crippen LogP contribution in [0.1, 0.15) is 37.0 Å². The molecule has 0 bridgehead atoms. The number of nitrogens with two attached hydrogens (primary N) is 1. The molecule has 1 amide bonds. The molecule has 0 saturated heterocycles. The Labute approximate surface area is 116 Å². The summed E-state index contributed by atoms with van der Waals surface area (Å²) in [7, 11) is 3.92. The molecular weight excluding hydrogens is 238 g/mol. The molecule has 4 heteroatoms. The van der Waals surface area contributed by atoms with Crippen LogP contribution >= 0.6 is 0 Å². The molecule has 1 unspecified atom stereocenters. The molecule has 0 aliphatic heterocycles. The average Bonchev–Trinajstić information content (AvgIpc) is 2.39. The van der Waals surface area contributed by atoms with Crippen LogP contribution in [-0.2, 0) is 0 Å². The van der Waals surface area contributed by atoms with E-state index in [9.17, 15) is 4.79 Å². The van der Waals surface area contributed by atoms with Gasteiger partial charge in [-0.05, 0) is 44.5 Å². The quantitative estimate of drug-likeness (QED) is 0.825. The Balaban J connectivity index is 2.85. The number of carbonyl (C=O) groups excluding carboxylic acids is 1. The van der Waals surface area contributed by atoms with Crippen molar-refractivity contribution >= 4 is 11.6 Å². The van der Waals surface area contributed by atoms with Gasteiger partial charge in [-0.3, -0.25) is 4.79 Å². The van der Waals surface area contributed by atoms with Crippen LogP contribution in [0.4, 0.5) is 5.69 Å². The molecule has 19 heavy (non-hydrogen) atoms. The van der Waals surface area contributed by atoms with E-state index in [1.165, 1.54) is 0 Å². The number of nitrogens with zero attached hydrogens (tertiary/aromatic N) is 1. The first-order chi connectivity index (χ1) is 8.91. The van der Waals surface area contributed by atoms with Gasteiger partial charge in [0.2, 0.25) is 0 Å². The van der Waals surface area contributed by atoms with Crippen molar-refractivity contribution in [3.05, 3.63) is 29.8 Å². The zero-order valence-corrected chi connectivity index (χ0v) is 12.4. The predicted molar refractivity (Wildman–Crippen MR) is 80.6 cm³/mol. The van der Waals surface area contributed by atoms with Crippen molar-refractivity contribution in [2.45, 2.75) is 32.2 Å². The summed E-state index contributed by atoms with van der Waals surface area (Å²) in [6.07, 6.45) is 1.64. The van der Waals surface area contributed by atoms with E-state index in [0.717, 1.165) is 18.5 Å². The van der Waals surface area contributed by atoms with Crippen molar-refractivity contribution in [3.8, 4) is 0 Å². The second kappa shape index (κ2) is 6.57. The third kappa shape index (κ3) is 4.24. The normalized spacial score (nSPS) is 13.7. The van der Waals surface area contributed by atoms with E-state index in [1.807, 2.05) is 50.2 Å². The fraction of sp³-hybridized carbons (Fsp3) is 0.533. The van der Waals surface area contributed by atoms with Gasteiger partial charge in [0.25, 0.3) is 5.91 Å². The first kappa shape index (κ1) is 15.5. The van der Waals surface area contributed by atoms with Gasteiger partial charge in [0, 0.05) is 30.9 Å². The molecule has 1 atom stereocenters. The number of hydrogen-bond donors (Lipinski definition) is 2. The highest BCUT2D eigenvalue weighted by Gasteiger charge is 2.23. The molecule has 0 aliphatic rings. The number of amides is 1. The van der Waals surface area contributed by atoms with E-state index in [2.05, 4.69) is 12.2 Å². The number of carbonyl (C=O) groups is 1. The fourth-order valence-corrected chi connectivity index (χ4v) is 1.92. The van der Waals surface area contributed by atoms with E-state index >= 15 is 0 Å². The van der Waals surface area contributed by atoms with Crippen molar-refractivity contribution in [2.24, 2.45) is 5.73 Å². The Kier molecular flexibility index (Phi) is 5.36. The maximum Gasteiger partial charge on any atom is 0.251 e. The Bertz CT molecular complexity index is 431. The van der Waals surface area contributed by atoms with E-state index in [0.29, 0.717) is 12.1 Å². The van der Waals surface area contributed by atoms with Crippen LogP contribution in [0.5, 0.6) is 0 Å². The molecule has 0 fully saturated rings. The molecule has 0 aliphatic carbocycles. The summed E-state index contributed by atoms with van der Waals surface area (Å²) in [5.41, 5.74) is 7.08. The maximum atomic E-state index is 12.3. The van der Waals surface area contributed by atoms with Gasteiger partial charge in [-0.15, -0.1) is 0 Å². The summed E-state index contributed by atoms with van der Waals surface area (Å²) >= 11 is 0. The lowest BCUT2D eigenvalue weighted by Crippen LogP contribution is -2.46. The number of nitrogens with one attached hydrogen (secondary N) is 1. The molecule has 4 nitrogen and oxygen atoms in total. The van der Waals surface area contributed by atoms with Crippen molar-refractivity contribution in [3.63, 3.8) is 0 Å². The van der Waals surface area contributed by atoms with E-state index in [-0.39, 0.29) is 11.4 Å². The van der Waals surface area contributed by atoms with Gasteiger partial charge in [-0.25, -0.2) is 0 Å². The lowest BCUT2D eigenvalue weighted by molar-refractivity contribution is 0.0900. The Morgan fingerprint density at radius 1 is 1.42 bits per heavy atom. The summed E-state index contributed by atoms with van der Waals surface area (Å²) in [6, 6.07) is 7.61. The highest BCUT2D eigenvalue weighted by atomic mass is 16.1. The third-order valence-electron chi connectivity index (χ3n) is 3.52. The summed E-state index contributed by atoms with van der Waals surface area (Å²) in [5.74, 6) is -0.0403. The van der Waals surface area contributed by atoms with Gasteiger partial charge in [0.05, 0.1) is 0 Å². The Morgan fingerprint density at radius 3 is 2.63 bits per heavy atom. The number of anilines is 1.